The van der Waals surface area contributed by atoms with E-state index >= 15 is 0 Å². The second-order valence-electron chi connectivity index (χ2n) is 3.85. The van der Waals surface area contributed by atoms with Crippen molar-refractivity contribution in [2.45, 2.75) is 6.92 Å². The monoisotopic (exact) mass is 325 g/mol. The summed E-state index contributed by atoms with van der Waals surface area (Å²) < 4.78 is 19.3. The smallest absolute Gasteiger partial charge is 0.341 e. The van der Waals surface area contributed by atoms with Gasteiger partial charge in [0, 0.05) is 10.7 Å². The fourth-order valence-electron chi connectivity index (χ4n) is 1.45. The number of aromatic nitrogens is 1. The first kappa shape index (κ1) is 13.5. The van der Waals surface area contributed by atoms with Crippen LogP contribution in [-0.2, 0) is 0 Å². The molecular formula is C13H9BrFNO3. The van der Waals surface area contributed by atoms with Crippen LogP contribution >= 0.6 is 15.9 Å². The van der Waals surface area contributed by atoms with E-state index in [0.29, 0.717) is 4.47 Å². The van der Waals surface area contributed by atoms with E-state index in [1.54, 1.807) is 13.0 Å². The van der Waals surface area contributed by atoms with Crippen molar-refractivity contribution in [1.29, 1.82) is 0 Å². The highest BCUT2D eigenvalue weighted by molar-refractivity contribution is 9.10. The molecule has 98 valence electrons. The number of carboxylic acids is 1. The molecule has 0 saturated heterocycles. The molecule has 0 amide bonds. The normalized spacial score (nSPS) is 10.3. The number of nitrogens with zero attached hydrogens (tertiary/aromatic N) is 1. The average molecular weight is 326 g/mol. The molecule has 0 aliphatic carbocycles. The van der Waals surface area contributed by atoms with Gasteiger partial charge >= 0.3 is 5.97 Å². The SMILES string of the molecule is Cc1ccc(F)c(Oc2ncc(Br)cc2C(=O)O)c1. The lowest BCUT2D eigenvalue weighted by molar-refractivity contribution is 0.0693. The van der Waals surface area contributed by atoms with E-state index < -0.39 is 11.8 Å². The molecule has 0 bridgehead atoms. The molecule has 0 fully saturated rings. The third kappa shape index (κ3) is 3.08. The second kappa shape index (κ2) is 5.36. The van der Waals surface area contributed by atoms with Gasteiger partial charge in [0.2, 0.25) is 5.88 Å². The van der Waals surface area contributed by atoms with Crippen LogP contribution in [0.3, 0.4) is 0 Å². The van der Waals surface area contributed by atoms with Gasteiger partial charge in [-0.3, -0.25) is 0 Å². The van der Waals surface area contributed by atoms with Crippen molar-refractivity contribution in [2.75, 3.05) is 0 Å². The Morgan fingerprint density at radius 3 is 2.84 bits per heavy atom. The number of halogens is 2. The highest BCUT2D eigenvalue weighted by atomic mass is 79.9. The average Bonchev–Trinajstić information content (AvgIpc) is 2.35. The van der Waals surface area contributed by atoms with E-state index in [1.165, 1.54) is 24.4 Å². The quantitative estimate of drug-likeness (QED) is 0.932. The Balaban J connectivity index is 2.43. The van der Waals surface area contributed by atoms with Crippen molar-refractivity contribution >= 4 is 21.9 Å². The van der Waals surface area contributed by atoms with Gasteiger partial charge in [-0.05, 0) is 46.6 Å². The van der Waals surface area contributed by atoms with Crippen molar-refractivity contribution < 1.29 is 19.0 Å². The molecule has 0 aliphatic rings. The van der Waals surface area contributed by atoms with Crippen LogP contribution in [0.15, 0.2) is 34.9 Å². The number of pyridine rings is 1. The summed E-state index contributed by atoms with van der Waals surface area (Å²) in [5.74, 6) is -1.99. The van der Waals surface area contributed by atoms with Gasteiger partial charge in [-0.1, -0.05) is 6.07 Å². The highest BCUT2D eigenvalue weighted by Crippen LogP contribution is 2.28. The molecule has 1 heterocycles. The fraction of sp³-hybridized carbons (Fsp3) is 0.0769. The van der Waals surface area contributed by atoms with E-state index in [0.717, 1.165) is 5.56 Å². The van der Waals surface area contributed by atoms with Crippen LogP contribution in [-0.4, -0.2) is 16.1 Å². The van der Waals surface area contributed by atoms with Crippen LogP contribution in [0.1, 0.15) is 15.9 Å². The summed E-state index contributed by atoms with van der Waals surface area (Å²) in [6, 6.07) is 5.67. The topological polar surface area (TPSA) is 59.4 Å². The Kier molecular flexibility index (Phi) is 3.80. The number of aryl methyl sites for hydroxylation is 1. The summed E-state index contributed by atoms with van der Waals surface area (Å²) in [5.41, 5.74) is 0.653. The highest BCUT2D eigenvalue weighted by Gasteiger charge is 2.16. The Labute approximate surface area is 117 Å². The minimum absolute atomic E-state index is 0.0580. The molecule has 0 radical (unpaired) electrons. The minimum atomic E-state index is -1.20. The zero-order chi connectivity index (χ0) is 14.0. The van der Waals surface area contributed by atoms with Crippen molar-refractivity contribution in [3.63, 3.8) is 0 Å². The predicted octanol–water partition coefficient (Wildman–Crippen LogP) is 3.78. The third-order valence-corrected chi connectivity index (χ3v) is 2.78. The molecule has 1 aromatic heterocycles. The van der Waals surface area contributed by atoms with Crippen molar-refractivity contribution in [2.24, 2.45) is 0 Å². The van der Waals surface area contributed by atoms with Gasteiger partial charge in [0.15, 0.2) is 11.6 Å². The molecular weight excluding hydrogens is 317 g/mol. The van der Waals surface area contributed by atoms with Gasteiger partial charge in [-0.25, -0.2) is 14.2 Å². The Morgan fingerprint density at radius 1 is 1.42 bits per heavy atom. The van der Waals surface area contributed by atoms with Crippen molar-refractivity contribution in [3.8, 4) is 11.6 Å². The molecule has 1 aromatic carbocycles. The van der Waals surface area contributed by atoms with E-state index in [4.69, 9.17) is 9.84 Å². The first-order chi connectivity index (χ1) is 8.97. The molecule has 2 aromatic rings. The fourth-order valence-corrected chi connectivity index (χ4v) is 1.79. The lowest BCUT2D eigenvalue weighted by Gasteiger charge is -2.09. The summed E-state index contributed by atoms with van der Waals surface area (Å²) in [5, 5.41) is 9.06. The van der Waals surface area contributed by atoms with Gasteiger partial charge in [0.05, 0.1) is 0 Å². The van der Waals surface area contributed by atoms with Gasteiger partial charge in [0.1, 0.15) is 5.56 Å². The largest absolute Gasteiger partial charge is 0.477 e. The van der Waals surface area contributed by atoms with E-state index in [-0.39, 0.29) is 17.2 Å². The molecule has 19 heavy (non-hydrogen) atoms. The van der Waals surface area contributed by atoms with E-state index in [9.17, 15) is 9.18 Å². The summed E-state index contributed by atoms with van der Waals surface area (Å²) >= 11 is 3.12. The maximum Gasteiger partial charge on any atom is 0.341 e. The van der Waals surface area contributed by atoms with E-state index in [1.807, 2.05) is 0 Å². The Bertz CT molecular complexity index is 646. The number of hydrogen-bond acceptors (Lipinski definition) is 3. The number of aromatic carboxylic acids is 1. The van der Waals surface area contributed by atoms with Crippen LogP contribution in [0.4, 0.5) is 4.39 Å². The number of rotatable bonds is 3. The minimum Gasteiger partial charge on any atom is -0.477 e. The molecule has 2 rings (SSSR count). The standard InChI is InChI=1S/C13H9BrFNO3/c1-7-2-3-10(15)11(4-7)19-12-9(13(17)18)5-8(14)6-16-12/h2-6H,1H3,(H,17,18). The third-order valence-electron chi connectivity index (χ3n) is 2.34. The number of benzene rings is 1. The zero-order valence-corrected chi connectivity index (χ0v) is 11.4. The maximum atomic E-state index is 13.6. The van der Waals surface area contributed by atoms with Gasteiger partial charge in [-0.15, -0.1) is 0 Å². The number of hydrogen-bond donors (Lipinski definition) is 1. The first-order valence-corrected chi connectivity index (χ1v) is 6.09. The molecule has 4 nitrogen and oxygen atoms in total. The number of carboxylic acid groups (broad SMARTS) is 1. The van der Waals surface area contributed by atoms with Crippen molar-refractivity contribution in [3.05, 3.63) is 51.9 Å². The molecule has 0 saturated carbocycles. The van der Waals surface area contributed by atoms with Crippen LogP contribution in [0.25, 0.3) is 0 Å². The lowest BCUT2D eigenvalue weighted by atomic mass is 10.2. The van der Waals surface area contributed by atoms with Gasteiger partial charge in [-0.2, -0.15) is 0 Å². The predicted molar refractivity (Wildman–Crippen MR) is 70.1 cm³/mol. The van der Waals surface area contributed by atoms with E-state index in [2.05, 4.69) is 20.9 Å². The zero-order valence-electron chi connectivity index (χ0n) is 9.85. The first-order valence-electron chi connectivity index (χ1n) is 5.30. The number of carbonyl (C=O) groups is 1. The second-order valence-corrected chi connectivity index (χ2v) is 4.76. The Hall–Kier alpha value is -1.95. The molecule has 0 spiro atoms. The van der Waals surface area contributed by atoms with Crippen LogP contribution in [0, 0.1) is 12.7 Å². The lowest BCUT2D eigenvalue weighted by Crippen LogP contribution is -2.02. The van der Waals surface area contributed by atoms with Crippen LogP contribution < -0.4 is 4.74 Å². The van der Waals surface area contributed by atoms with Gasteiger partial charge < -0.3 is 9.84 Å². The molecule has 1 N–H and O–H groups in total. The molecule has 6 heteroatoms. The summed E-state index contributed by atoms with van der Waals surface area (Å²) in [6.45, 7) is 1.78. The summed E-state index contributed by atoms with van der Waals surface area (Å²) in [4.78, 5) is 14.9. The van der Waals surface area contributed by atoms with Crippen molar-refractivity contribution in [1.82, 2.24) is 4.98 Å². The maximum absolute atomic E-state index is 13.6. The molecule has 0 aliphatic heterocycles. The van der Waals surface area contributed by atoms with Gasteiger partial charge in [0.25, 0.3) is 0 Å². The summed E-state index contributed by atoms with van der Waals surface area (Å²) in [6.07, 6.45) is 1.38. The Morgan fingerprint density at radius 2 is 2.16 bits per heavy atom. The van der Waals surface area contributed by atoms with Crippen LogP contribution in [0.5, 0.6) is 11.6 Å². The summed E-state index contributed by atoms with van der Waals surface area (Å²) in [7, 11) is 0. The molecule has 0 unspecified atom stereocenters. The molecule has 0 atom stereocenters. The number of ether oxygens (including phenoxy) is 1. The van der Waals surface area contributed by atoms with Crippen LogP contribution in [0.2, 0.25) is 0 Å².